The van der Waals surface area contributed by atoms with Gasteiger partial charge in [0.25, 0.3) is 0 Å². The number of rotatable bonds is 8. The highest BCUT2D eigenvalue weighted by atomic mass is 19.1. The van der Waals surface area contributed by atoms with Gasteiger partial charge in [-0.25, -0.2) is 9.18 Å². The number of ether oxygens (including phenoxy) is 1. The Morgan fingerprint density at radius 3 is 2.41 bits per heavy atom. The predicted octanol–water partition coefficient (Wildman–Crippen LogP) is 3.69. The van der Waals surface area contributed by atoms with E-state index in [1.54, 1.807) is 19.1 Å². The van der Waals surface area contributed by atoms with E-state index >= 15 is 0 Å². The Bertz CT molecular complexity index is 810. The van der Waals surface area contributed by atoms with E-state index in [-0.39, 0.29) is 17.7 Å². The van der Waals surface area contributed by atoms with E-state index in [9.17, 15) is 14.0 Å². The second kappa shape index (κ2) is 9.35. The van der Waals surface area contributed by atoms with Crippen molar-refractivity contribution in [2.75, 3.05) is 6.61 Å². The number of halogens is 1. The molecule has 0 radical (unpaired) electrons. The van der Waals surface area contributed by atoms with E-state index in [0.717, 1.165) is 29.1 Å². The van der Waals surface area contributed by atoms with Crippen molar-refractivity contribution in [3.05, 3.63) is 58.2 Å². The topological polar surface area (TPSA) is 60.3 Å². The lowest BCUT2D eigenvalue weighted by Crippen LogP contribution is -2.23. The second-order valence-electron chi connectivity index (χ2n) is 6.40. The summed E-state index contributed by atoms with van der Waals surface area (Å²) in [5.74, 6) is -0.701. The van der Waals surface area contributed by atoms with Crippen molar-refractivity contribution in [2.24, 2.45) is 0 Å². The van der Waals surface area contributed by atoms with Crippen LogP contribution in [-0.2, 0) is 29.0 Å². The molecule has 5 nitrogen and oxygen atoms in total. The number of hydrogen-bond acceptors (Lipinski definition) is 3. The van der Waals surface area contributed by atoms with Crippen LogP contribution in [-0.4, -0.2) is 23.1 Å². The lowest BCUT2D eigenvalue weighted by molar-refractivity contribution is -0.121. The first-order valence-electron chi connectivity index (χ1n) is 9.25. The number of hydrogen-bond donors (Lipinski definition) is 1. The van der Waals surface area contributed by atoms with E-state index in [1.807, 2.05) is 20.8 Å². The van der Waals surface area contributed by atoms with Gasteiger partial charge >= 0.3 is 5.97 Å². The fraction of sp³-hybridized carbons (Fsp3) is 0.429. The summed E-state index contributed by atoms with van der Waals surface area (Å²) in [6.07, 6.45) is 0.850. The number of nitrogens with zero attached hydrogens (tertiary/aromatic N) is 1. The third-order valence-corrected chi connectivity index (χ3v) is 4.69. The van der Waals surface area contributed by atoms with E-state index in [0.29, 0.717) is 31.6 Å². The van der Waals surface area contributed by atoms with E-state index in [1.165, 1.54) is 12.1 Å². The number of benzene rings is 1. The van der Waals surface area contributed by atoms with Crippen LogP contribution in [0.4, 0.5) is 4.39 Å². The zero-order valence-corrected chi connectivity index (χ0v) is 16.4. The molecule has 1 N–H and O–H groups in total. The van der Waals surface area contributed by atoms with Crippen LogP contribution in [0.25, 0.3) is 0 Å². The number of carbonyl (C=O) groups is 2. The summed E-state index contributed by atoms with van der Waals surface area (Å²) in [7, 11) is 0. The maximum atomic E-state index is 12.9. The molecule has 0 atom stereocenters. The monoisotopic (exact) mass is 374 g/mol. The van der Waals surface area contributed by atoms with Crippen molar-refractivity contribution in [2.45, 2.75) is 53.6 Å². The van der Waals surface area contributed by atoms with Gasteiger partial charge in [-0.15, -0.1) is 0 Å². The first kappa shape index (κ1) is 20.7. The second-order valence-corrected chi connectivity index (χ2v) is 6.40. The molecule has 1 heterocycles. The molecular formula is C21H27FN2O3. The maximum absolute atomic E-state index is 12.9. The summed E-state index contributed by atoms with van der Waals surface area (Å²) in [5, 5.41) is 2.85. The van der Waals surface area contributed by atoms with Gasteiger partial charge < -0.3 is 14.6 Å². The highest BCUT2D eigenvalue weighted by Gasteiger charge is 2.23. The Morgan fingerprint density at radius 1 is 1.15 bits per heavy atom. The lowest BCUT2D eigenvalue weighted by atomic mass is 10.1. The molecule has 0 aliphatic carbocycles. The number of carbonyl (C=O) groups excluding carboxylic acids is 2. The average molecular weight is 374 g/mol. The SMILES string of the molecule is CCOC(=O)c1c(C)c(CCC(=O)NCc2ccc(F)cc2)n(CC)c1C. The number of nitrogens with one attached hydrogen (secondary N) is 1. The van der Waals surface area contributed by atoms with Crippen LogP contribution in [0.2, 0.25) is 0 Å². The van der Waals surface area contributed by atoms with Crippen molar-refractivity contribution in [3.63, 3.8) is 0 Å². The van der Waals surface area contributed by atoms with Crippen LogP contribution in [0.15, 0.2) is 24.3 Å². The molecule has 1 amide bonds. The molecule has 2 aromatic rings. The van der Waals surface area contributed by atoms with Gasteiger partial charge in [-0.3, -0.25) is 4.79 Å². The molecule has 0 aliphatic heterocycles. The Labute approximate surface area is 159 Å². The van der Waals surface area contributed by atoms with Gasteiger partial charge in [-0.2, -0.15) is 0 Å². The van der Waals surface area contributed by atoms with E-state index in [2.05, 4.69) is 9.88 Å². The predicted molar refractivity (Wildman–Crippen MR) is 102 cm³/mol. The minimum Gasteiger partial charge on any atom is -0.462 e. The fourth-order valence-corrected chi connectivity index (χ4v) is 3.33. The van der Waals surface area contributed by atoms with Crippen LogP contribution in [0.5, 0.6) is 0 Å². The number of esters is 1. The zero-order valence-electron chi connectivity index (χ0n) is 16.4. The molecular weight excluding hydrogens is 347 g/mol. The Balaban J connectivity index is 2.03. The molecule has 0 bridgehead atoms. The van der Waals surface area contributed by atoms with Crippen molar-refractivity contribution >= 4 is 11.9 Å². The summed E-state index contributed by atoms with van der Waals surface area (Å²) >= 11 is 0. The average Bonchev–Trinajstić information content (AvgIpc) is 2.88. The smallest absolute Gasteiger partial charge is 0.340 e. The molecule has 1 aromatic heterocycles. The summed E-state index contributed by atoms with van der Waals surface area (Å²) in [6.45, 7) is 9.01. The molecule has 0 saturated heterocycles. The van der Waals surface area contributed by atoms with Crippen LogP contribution >= 0.6 is 0 Å². The first-order valence-corrected chi connectivity index (χ1v) is 9.25. The molecule has 0 spiro atoms. The third-order valence-electron chi connectivity index (χ3n) is 4.69. The van der Waals surface area contributed by atoms with Gasteiger partial charge in [0.05, 0.1) is 12.2 Å². The summed E-state index contributed by atoms with van der Waals surface area (Å²) in [4.78, 5) is 24.5. The standard InChI is InChI=1S/C21H27FN2O3/c1-5-24-15(4)20(21(26)27-6-2)14(3)18(24)11-12-19(25)23-13-16-7-9-17(22)10-8-16/h7-10H,5-6,11-13H2,1-4H3,(H,23,25). The van der Waals surface area contributed by atoms with Crippen LogP contribution in [0, 0.1) is 19.7 Å². The highest BCUT2D eigenvalue weighted by molar-refractivity contribution is 5.93. The Kier molecular flexibility index (Phi) is 7.16. The number of aromatic nitrogens is 1. The maximum Gasteiger partial charge on any atom is 0.340 e. The van der Waals surface area contributed by atoms with Crippen molar-refractivity contribution in [1.29, 1.82) is 0 Å². The molecule has 146 valence electrons. The molecule has 2 rings (SSSR count). The first-order chi connectivity index (χ1) is 12.9. The van der Waals surface area contributed by atoms with Gasteiger partial charge in [0, 0.05) is 30.9 Å². The normalized spacial score (nSPS) is 10.7. The quantitative estimate of drug-likeness (QED) is 0.717. The van der Waals surface area contributed by atoms with Crippen molar-refractivity contribution < 1.29 is 18.7 Å². The molecule has 6 heteroatoms. The van der Waals surface area contributed by atoms with Gasteiger partial charge in [0.2, 0.25) is 5.91 Å². The fourth-order valence-electron chi connectivity index (χ4n) is 3.33. The Hall–Kier alpha value is -2.63. The summed E-state index contributed by atoms with van der Waals surface area (Å²) in [6, 6.07) is 6.05. The highest BCUT2D eigenvalue weighted by Crippen LogP contribution is 2.24. The van der Waals surface area contributed by atoms with E-state index < -0.39 is 0 Å². The van der Waals surface area contributed by atoms with E-state index in [4.69, 9.17) is 4.74 Å². The molecule has 27 heavy (non-hydrogen) atoms. The number of amides is 1. The van der Waals surface area contributed by atoms with Crippen LogP contribution in [0.3, 0.4) is 0 Å². The van der Waals surface area contributed by atoms with Crippen molar-refractivity contribution in [3.8, 4) is 0 Å². The molecule has 0 saturated carbocycles. The minimum absolute atomic E-state index is 0.0853. The third kappa shape index (κ3) is 4.96. The summed E-state index contributed by atoms with van der Waals surface area (Å²) in [5.41, 5.74) is 4.17. The van der Waals surface area contributed by atoms with Gasteiger partial charge in [-0.05, 0) is 57.4 Å². The van der Waals surface area contributed by atoms with Gasteiger partial charge in [0.15, 0.2) is 0 Å². The summed E-state index contributed by atoms with van der Waals surface area (Å²) < 4.78 is 20.2. The molecule has 1 aromatic carbocycles. The van der Waals surface area contributed by atoms with Crippen LogP contribution < -0.4 is 5.32 Å². The molecule has 0 fully saturated rings. The largest absolute Gasteiger partial charge is 0.462 e. The van der Waals surface area contributed by atoms with Gasteiger partial charge in [0.1, 0.15) is 5.82 Å². The molecule has 0 unspecified atom stereocenters. The minimum atomic E-state index is -0.318. The van der Waals surface area contributed by atoms with Crippen LogP contribution in [0.1, 0.15) is 53.1 Å². The Morgan fingerprint density at radius 2 is 1.81 bits per heavy atom. The van der Waals surface area contributed by atoms with Crippen molar-refractivity contribution in [1.82, 2.24) is 9.88 Å². The lowest BCUT2D eigenvalue weighted by Gasteiger charge is -2.10. The van der Waals surface area contributed by atoms with Gasteiger partial charge in [-0.1, -0.05) is 12.1 Å². The molecule has 0 aliphatic rings. The zero-order chi connectivity index (χ0) is 20.0.